The largest absolute Gasteiger partial charge is 0.459 e. The number of esters is 2. The Labute approximate surface area is 162 Å². The van der Waals surface area contributed by atoms with E-state index in [-0.39, 0.29) is 28.9 Å². The Morgan fingerprint density at radius 3 is 2.21 bits per heavy atom. The van der Waals surface area contributed by atoms with E-state index < -0.39 is 30.4 Å². The maximum absolute atomic E-state index is 12.4. The van der Waals surface area contributed by atoms with Crippen LogP contribution in [0.1, 0.15) is 28.4 Å². The second kappa shape index (κ2) is 9.27. The Balaban J connectivity index is 2.09. The number of hydrogen-bond donors (Lipinski definition) is 3. The minimum absolute atomic E-state index is 0.0607. The van der Waals surface area contributed by atoms with Crippen molar-refractivity contribution in [2.24, 2.45) is 0 Å². The summed E-state index contributed by atoms with van der Waals surface area (Å²) in [5, 5.41) is 31.0. The molecule has 0 aliphatic heterocycles. The van der Waals surface area contributed by atoms with Gasteiger partial charge in [-0.3, -0.25) is 0 Å². The molecule has 0 radical (unpaired) electrons. The molecule has 0 fully saturated rings. The van der Waals surface area contributed by atoms with Crippen molar-refractivity contribution in [2.45, 2.75) is 18.8 Å². The molecule has 0 saturated heterocycles. The molecule has 0 aromatic heterocycles. The first-order chi connectivity index (χ1) is 13.2. The van der Waals surface area contributed by atoms with Crippen LogP contribution in [0.15, 0.2) is 66.7 Å². The Hall–Kier alpha value is -3.00. The average Bonchev–Trinajstić information content (AvgIpc) is 2.70. The van der Waals surface area contributed by atoms with E-state index in [4.69, 9.17) is 9.47 Å². The van der Waals surface area contributed by atoms with Crippen molar-refractivity contribution in [3.8, 4) is 0 Å². The number of carbonyl (C=O) groups excluding carboxylic acids is 2. The molecule has 0 bridgehead atoms. The quantitative estimate of drug-likeness (QED) is 0.358. The summed E-state index contributed by atoms with van der Waals surface area (Å²) in [6.07, 6.45) is -1.23. The second-order valence-electron chi connectivity index (χ2n) is 6.21. The molecule has 1 atom stereocenters. The molecule has 1 unspecified atom stereocenters. The minimum atomic E-state index is -2.41. The topological polar surface area (TPSA) is 113 Å². The van der Waals surface area contributed by atoms with E-state index in [0.717, 1.165) is 0 Å². The maximum atomic E-state index is 12.4. The molecular formula is C21H22O7. The van der Waals surface area contributed by atoms with E-state index in [0.29, 0.717) is 0 Å². The molecule has 28 heavy (non-hydrogen) atoms. The summed E-state index contributed by atoms with van der Waals surface area (Å²) in [5.41, 5.74) is 0.236. The lowest BCUT2D eigenvalue weighted by molar-refractivity contribution is -0.142. The second-order valence-corrected chi connectivity index (χ2v) is 6.21. The van der Waals surface area contributed by atoms with Gasteiger partial charge in [0.15, 0.2) is 0 Å². The molecule has 2 aromatic rings. The fraction of sp³-hybridized carbons (Fsp3) is 0.238. The molecule has 7 nitrogen and oxygen atoms in total. The highest BCUT2D eigenvalue weighted by Crippen LogP contribution is 2.29. The fourth-order valence-corrected chi connectivity index (χ4v) is 2.38. The number of hydrogen-bond acceptors (Lipinski definition) is 7. The van der Waals surface area contributed by atoms with Crippen LogP contribution >= 0.6 is 0 Å². The Kier molecular flexibility index (Phi) is 7.06. The first-order valence-electron chi connectivity index (χ1n) is 8.51. The van der Waals surface area contributed by atoms with Gasteiger partial charge in [0, 0.05) is 16.7 Å². The summed E-state index contributed by atoms with van der Waals surface area (Å²) in [7, 11) is 0. The first-order valence-corrected chi connectivity index (χ1v) is 8.51. The van der Waals surface area contributed by atoms with Crippen LogP contribution in [0.4, 0.5) is 0 Å². The van der Waals surface area contributed by atoms with E-state index in [9.17, 15) is 24.9 Å². The first kappa shape index (κ1) is 21.3. The van der Waals surface area contributed by atoms with Gasteiger partial charge in [-0.25, -0.2) is 9.59 Å². The molecule has 0 heterocycles. The van der Waals surface area contributed by atoms with Crippen molar-refractivity contribution in [1.29, 1.82) is 0 Å². The zero-order valence-corrected chi connectivity index (χ0v) is 15.4. The highest BCUT2D eigenvalue weighted by molar-refractivity contribution is 5.91. The van der Waals surface area contributed by atoms with Crippen LogP contribution in [-0.2, 0) is 20.1 Å². The summed E-state index contributed by atoms with van der Waals surface area (Å²) >= 11 is 0. The van der Waals surface area contributed by atoms with Crippen molar-refractivity contribution >= 4 is 11.9 Å². The number of benzene rings is 2. The normalized spacial score (nSPS) is 12.1. The molecule has 0 amide bonds. The van der Waals surface area contributed by atoms with Gasteiger partial charge >= 0.3 is 11.9 Å². The lowest BCUT2D eigenvalue weighted by atomic mass is 9.93. The van der Waals surface area contributed by atoms with Crippen LogP contribution in [0.3, 0.4) is 0 Å². The summed E-state index contributed by atoms with van der Waals surface area (Å²) < 4.78 is 9.81. The van der Waals surface area contributed by atoms with Gasteiger partial charge in [-0.1, -0.05) is 55.1 Å². The number of aliphatic hydroxyl groups excluding tert-OH is 1. The van der Waals surface area contributed by atoms with Gasteiger partial charge in [0.25, 0.3) is 0 Å². The van der Waals surface area contributed by atoms with E-state index in [1.807, 2.05) is 0 Å². The number of aliphatic hydroxyl groups is 3. The van der Waals surface area contributed by atoms with Gasteiger partial charge in [0.05, 0.1) is 5.56 Å². The van der Waals surface area contributed by atoms with Crippen LogP contribution in [0.25, 0.3) is 0 Å². The lowest BCUT2D eigenvalue weighted by Gasteiger charge is -2.24. The van der Waals surface area contributed by atoms with Crippen LogP contribution < -0.4 is 0 Å². The molecule has 3 N–H and O–H groups in total. The maximum Gasteiger partial charge on any atom is 0.338 e. The molecule has 0 aliphatic carbocycles. The number of ether oxygens (including phenoxy) is 2. The highest BCUT2D eigenvalue weighted by atomic mass is 16.6. The molecule has 2 rings (SSSR count). The Bertz CT molecular complexity index is 843. The van der Waals surface area contributed by atoms with Crippen molar-refractivity contribution in [2.75, 3.05) is 13.2 Å². The zero-order chi connectivity index (χ0) is 20.7. The van der Waals surface area contributed by atoms with Gasteiger partial charge in [-0.2, -0.15) is 0 Å². The van der Waals surface area contributed by atoms with Crippen molar-refractivity contribution in [3.63, 3.8) is 0 Å². The van der Waals surface area contributed by atoms with E-state index in [2.05, 4.69) is 6.58 Å². The molecule has 7 heteroatoms. The van der Waals surface area contributed by atoms with Crippen molar-refractivity contribution in [3.05, 3.63) is 83.4 Å². The predicted molar refractivity (Wildman–Crippen MR) is 100 cm³/mol. The van der Waals surface area contributed by atoms with E-state index in [1.165, 1.54) is 31.2 Å². The van der Waals surface area contributed by atoms with Gasteiger partial charge in [-0.05, 0) is 13.0 Å². The van der Waals surface area contributed by atoms with Crippen LogP contribution in [-0.4, -0.2) is 46.6 Å². The van der Waals surface area contributed by atoms with Gasteiger partial charge in [0.2, 0.25) is 5.79 Å². The highest BCUT2D eigenvalue weighted by Gasteiger charge is 2.33. The third-order valence-electron chi connectivity index (χ3n) is 3.86. The standard InChI is InChI=1S/C21H22O7/c1-14(2)19(23)27-12-16(22)13-28-20(24)17-10-6-7-11-18(17)21(25,26)15-8-4-3-5-9-15/h3-11,16,22,25-26H,1,12-13H2,2H3. The average molecular weight is 386 g/mol. The summed E-state index contributed by atoms with van der Waals surface area (Å²) in [4.78, 5) is 23.7. The predicted octanol–water partition coefficient (Wildman–Crippen LogP) is 1.51. The molecule has 0 spiro atoms. The molecular weight excluding hydrogens is 364 g/mol. The number of rotatable bonds is 8. The van der Waals surface area contributed by atoms with Crippen LogP contribution in [0, 0.1) is 0 Å². The van der Waals surface area contributed by atoms with Gasteiger partial charge < -0.3 is 24.8 Å². The molecule has 148 valence electrons. The fourth-order valence-electron chi connectivity index (χ4n) is 2.38. The van der Waals surface area contributed by atoms with Gasteiger partial charge in [0.1, 0.15) is 19.3 Å². The summed E-state index contributed by atoms with van der Waals surface area (Å²) in [6.45, 7) is 4.08. The summed E-state index contributed by atoms with van der Waals surface area (Å²) in [6, 6.07) is 13.9. The van der Waals surface area contributed by atoms with Crippen molar-refractivity contribution in [1.82, 2.24) is 0 Å². The number of carbonyl (C=O) groups is 2. The van der Waals surface area contributed by atoms with Crippen LogP contribution in [0.2, 0.25) is 0 Å². The van der Waals surface area contributed by atoms with Crippen LogP contribution in [0.5, 0.6) is 0 Å². The monoisotopic (exact) mass is 386 g/mol. The lowest BCUT2D eigenvalue weighted by Crippen LogP contribution is -2.30. The minimum Gasteiger partial charge on any atom is -0.459 e. The molecule has 0 saturated carbocycles. The zero-order valence-electron chi connectivity index (χ0n) is 15.4. The van der Waals surface area contributed by atoms with E-state index >= 15 is 0 Å². The summed E-state index contributed by atoms with van der Waals surface area (Å²) in [5.74, 6) is -3.93. The Morgan fingerprint density at radius 2 is 1.57 bits per heavy atom. The molecule has 0 aliphatic rings. The van der Waals surface area contributed by atoms with E-state index in [1.54, 1.807) is 30.3 Å². The smallest absolute Gasteiger partial charge is 0.338 e. The van der Waals surface area contributed by atoms with Crippen molar-refractivity contribution < 1.29 is 34.4 Å². The molecule has 2 aromatic carbocycles. The van der Waals surface area contributed by atoms with Gasteiger partial charge in [-0.15, -0.1) is 0 Å². The third kappa shape index (κ3) is 5.26. The third-order valence-corrected chi connectivity index (χ3v) is 3.86. The Morgan fingerprint density at radius 1 is 1.00 bits per heavy atom. The SMILES string of the molecule is C=C(C)C(=O)OCC(O)COC(=O)c1ccccc1C(O)(O)c1ccccc1.